The number of ether oxygens (including phenoxy) is 4. The van der Waals surface area contributed by atoms with Crippen LogP contribution in [-0.4, -0.2) is 35.8 Å². The molecule has 10 heteroatoms. The highest BCUT2D eigenvalue weighted by atomic mass is 16.6. The molecule has 4 fully saturated rings. The van der Waals surface area contributed by atoms with Crippen LogP contribution in [0.25, 0.3) is 0 Å². The fourth-order valence-corrected chi connectivity index (χ4v) is 9.45. The van der Waals surface area contributed by atoms with Crippen molar-refractivity contribution < 1.29 is 47.7 Å². The average molecular weight is 669 g/mol. The second kappa shape index (κ2) is 10.8. The van der Waals surface area contributed by atoms with Gasteiger partial charge < -0.3 is 18.9 Å². The third-order valence-corrected chi connectivity index (χ3v) is 11.2. The molecule has 0 N–H and O–H groups in total. The summed E-state index contributed by atoms with van der Waals surface area (Å²) in [5.41, 5.74) is 3.08. The molecule has 2 heterocycles. The van der Waals surface area contributed by atoms with Crippen molar-refractivity contribution in [1.29, 1.82) is 0 Å². The number of esters is 6. The van der Waals surface area contributed by atoms with Crippen LogP contribution in [0.3, 0.4) is 0 Å². The number of carbonyl (C=O) groups excluding carboxylic acids is 6. The van der Waals surface area contributed by atoms with Crippen LogP contribution in [0.4, 0.5) is 0 Å². The smallest absolute Gasteiger partial charge is 0.346 e. The Morgan fingerprint density at radius 2 is 0.900 bits per heavy atom. The Bertz CT molecular complexity index is 2030. The fourth-order valence-electron chi connectivity index (χ4n) is 9.45. The molecule has 10 rings (SSSR count). The molecule has 4 aliphatic carbocycles. The molecule has 10 nitrogen and oxygen atoms in total. The van der Waals surface area contributed by atoms with Gasteiger partial charge in [-0.3, -0.25) is 0 Å². The molecule has 0 saturated heterocycles. The predicted molar refractivity (Wildman–Crippen MR) is 173 cm³/mol. The maximum absolute atomic E-state index is 12.9. The minimum atomic E-state index is -0.779. The van der Waals surface area contributed by atoms with Gasteiger partial charge in [0.2, 0.25) is 0 Å². The minimum Gasteiger partial charge on any atom is -0.423 e. The van der Waals surface area contributed by atoms with Gasteiger partial charge >= 0.3 is 35.8 Å². The lowest BCUT2D eigenvalue weighted by Gasteiger charge is -2.62. The van der Waals surface area contributed by atoms with Crippen molar-refractivity contribution in [3.8, 4) is 11.5 Å². The summed E-state index contributed by atoms with van der Waals surface area (Å²) >= 11 is 0. The van der Waals surface area contributed by atoms with E-state index in [2.05, 4.69) is 33.7 Å². The fraction of sp³-hybridized carbons (Fsp3) is 0.250. The van der Waals surface area contributed by atoms with Gasteiger partial charge in [0.1, 0.15) is 11.5 Å². The zero-order chi connectivity index (χ0) is 34.4. The molecule has 0 atom stereocenters. The van der Waals surface area contributed by atoms with Crippen molar-refractivity contribution in [3.63, 3.8) is 0 Å². The monoisotopic (exact) mass is 668 g/mol. The highest BCUT2D eigenvalue weighted by Gasteiger charge is 2.58. The van der Waals surface area contributed by atoms with Gasteiger partial charge in [-0.1, -0.05) is 24.3 Å². The van der Waals surface area contributed by atoms with Gasteiger partial charge in [-0.15, -0.1) is 0 Å². The molecule has 2 aliphatic heterocycles. The Kier molecular flexibility index (Phi) is 6.52. The van der Waals surface area contributed by atoms with E-state index in [1.165, 1.54) is 53.9 Å². The van der Waals surface area contributed by atoms with E-state index in [9.17, 15) is 28.8 Å². The van der Waals surface area contributed by atoms with Crippen LogP contribution in [0, 0.1) is 11.8 Å². The maximum Gasteiger partial charge on any atom is 0.346 e. The normalized spacial score (nSPS) is 25.5. The van der Waals surface area contributed by atoms with Gasteiger partial charge in [0.05, 0.1) is 33.4 Å². The molecule has 4 aromatic carbocycles. The number of hydrogen-bond acceptors (Lipinski definition) is 10. The van der Waals surface area contributed by atoms with Crippen molar-refractivity contribution in [2.45, 2.75) is 49.4 Å². The molecule has 6 aliphatic rings. The summed E-state index contributed by atoms with van der Waals surface area (Å²) in [5.74, 6) is -2.34. The number of carbonyl (C=O) groups is 6. The Morgan fingerprint density at radius 3 is 1.30 bits per heavy atom. The number of benzene rings is 4. The van der Waals surface area contributed by atoms with E-state index >= 15 is 0 Å². The maximum atomic E-state index is 12.9. The molecule has 4 aromatic rings. The first-order chi connectivity index (χ1) is 24.1. The Balaban J connectivity index is 0.910. The summed E-state index contributed by atoms with van der Waals surface area (Å²) in [4.78, 5) is 73.2. The first-order valence-corrected chi connectivity index (χ1v) is 16.5. The van der Waals surface area contributed by atoms with E-state index in [-0.39, 0.29) is 44.2 Å². The molecule has 0 spiro atoms. The van der Waals surface area contributed by atoms with Gasteiger partial charge in [0, 0.05) is 0 Å². The molecule has 0 radical (unpaired) electrons. The Morgan fingerprint density at radius 1 is 0.520 bits per heavy atom. The highest BCUT2D eigenvalue weighted by molar-refractivity contribution is 6.16. The van der Waals surface area contributed by atoms with E-state index < -0.39 is 35.8 Å². The quantitative estimate of drug-likeness (QED) is 0.126. The minimum absolute atomic E-state index is 0.0132. The summed E-state index contributed by atoms with van der Waals surface area (Å²) < 4.78 is 20.5. The van der Waals surface area contributed by atoms with Crippen LogP contribution in [-0.2, 0) is 20.3 Å². The third-order valence-electron chi connectivity index (χ3n) is 11.2. The number of rotatable bonds is 6. The SMILES string of the molecule is O=C(Oc1ccc(C23CC4CC(C2)CC(c2ccc(OC(=O)c5ccc6c(c5)C(=O)OC6=O)cc2)(C4)C3)cc1)c1ccc2c(c1)C(=O)OC2=O. The first-order valence-electron chi connectivity index (χ1n) is 16.5. The van der Waals surface area contributed by atoms with E-state index in [4.69, 9.17) is 9.47 Å². The molecule has 0 amide bonds. The molecule has 50 heavy (non-hydrogen) atoms. The Labute approximate surface area is 285 Å². The Hall–Kier alpha value is -5.90. The van der Waals surface area contributed by atoms with Gasteiger partial charge in [-0.2, -0.15) is 0 Å². The van der Waals surface area contributed by atoms with Crippen molar-refractivity contribution in [2.75, 3.05) is 0 Å². The molecular weight excluding hydrogens is 640 g/mol. The molecule has 4 saturated carbocycles. The van der Waals surface area contributed by atoms with Crippen LogP contribution in [0.2, 0.25) is 0 Å². The van der Waals surface area contributed by atoms with Crippen molar-refractivity contribution in [1.82, 2.24) is 0 Å². The second-order valence-corrected chi connectivity index (χ2v) is 14.2. The van der Waals surface area contributed by atoms with Gasteiger partial charge in [-0.25, -0.2) is 28.8 Å². The lowest BCUT2D eigenvalue weighted by Crippen LogP contribution is -2.55. The average Bonchev–Trinajstić information content (AvgIpc) is 3.56. The summed E-state index contributed by atoms with van der Waals surface area (Å²) in [7, 11) is 0. The summed E-state index contributed by atoms with van der Waals surface area (Å²) in [5, 5.41) is 0. The van der Waals surface area contributed by atoms with E-state index in [1.54, 1.807) is 0 Å². The van der Waals surface area contributed by atoms with Crippen molar-refractivity contribution >= 4 is 35.8 Å². The summed E-state index contributed by atoms with van der Waals surface area (Å²) in [6.45, 7) is 0. The van der Waals surface area contributed by atoms with E-state index in [0.717, 1.165) is 32.1 Å². The molecule has 248 valence electrons. The zero-order valence-electron chi connectivity index (χ0n) is 26.6. The van der Waals surface area contributed by atoms with Crippen LogP contribution in [0.5, 0.6) is 11.5 Å². The van der Waals surface area contributed by atoms with Crippen LogP contribution in [0.15, 0.2) is 84.9 Å². The molecule has 0 unspecified atom stereocenters. The van der Waals surface area contributed by atoms with Crippen LogP contribution >= 0.6 is 0 Å². The largest absolute Gasteiger partial charge is 0.423 e. The van der Waals surface area contributed by atoms with E-state index in [1.807, 2.05) is 24.3 Å². The van der Waals surface area contributed by atoms with Crippen LogP contribution in [0.1, 0.15) is 112 Å². The van der Waals surface area contributed by atoms with Gasteiger partial charge in [-0.05, 0) is 133 Å². The van der Waals surface area contributed by atoms with Crippen LogP contribution < -0.4 is 9.47 Å². The third kappa shape index (κ3) is 4.77. The first kappa shape index (κ1) is 30.2. The number of cyclic esters (lactones) is 4. The second-order valence-electron chi connectivity index (χ2n) is 14.2. The lowest BCUT2D eigenvalue weighted by atomic mass is 9.42. The summed E-state index contributed by atoms with van der Waals surface area (Å²) in [6, 6.07) is 23.8. The van der Waals surface area contributed by atoms with Crippen molar-refractivity contribution in [3.05, 3.63) is 129 Å². The standard InChI is InChI=1S/C40H28O10/c41-33(23-1-11-29-31(14-23)37(45)49-35(29)43)47-27-7-3-25(4-8-27)39-16-21-13-22(17-39)19-40(18-21,20-39)26-5-9-28(10-6-26)48-34(42)24-2-12-30-32(15-24)38(46)50-36(30)44/h1-12,14-15,21-22H,13,16-20H2. The lowest BCUT2D eigenvalue weighted by molar-refractivity contribution is -0.0281. The van der Waals surface area contributed by atoms with E-state index in [0.29, 0.717) is 23.3 Å². The van der Waals surface area contributed by atoms with Gasteiger partial charge in [0.15, 0.2) is 0 Å². The van der Waals surface area contributed by atoms with Crippen molar-refractivity contribution in [2.24, 2.45) is 11.8 Å². The topological polar surface area (TPSA) is 139 Å². The number of fused-ring (bicyclic) bond motifs is 2. The number of hydrogen-bond donors (Lipinski definition) is 0. The van der Waals surface area contributed by atoms with Gasteiger partial charge in [0.25, 0.3) is 0 Å². The zero-order valence-corrected chi connectivity index (χ0v) is 26.6. The molecular formula is C40H28O10. The predicted octanol–water partition coefficient (Wildman–Crippen LogP) is 6.54. The molecule has 4 bridgehead atoms. The molecule has 0 aromatic heterocycles. The summed E-state index contributed by atoms with van der Waals surface area (Å²) in [6.07, 6.45) is 6.61. The highest BCUT2D eigenvalue weighted by Crippen LogP contribution is 2.66.